The van der Waals surface area contributed by atoms with Gasteiger partial charge in [-0.1, -0.05) is 29.8 Å². The van der Waals surface area contributed by atoms with Crippen LogP contribution < -0.4 is 5.32 Å². The number of furan rings is 1. The van der Waals surface area contributed by atoms with Crippen molar-refractivity contribution in [3.05, 3.63) is 52.7 Å². The molecule has 192 valence electrons. The molecule has 1 amide bonds. The van der Waals surface area contributed by atoms with Crippen molar-refractivity contribution < 1.29 is 27.5 Å². The molecule has 10 heteroatoms. The van der Waals surface area contributed by atoms with Crippen LogP contribution in [0.3, 0.4) is 0 Å². The molecule has 0 aliphatic heterocycles. The number of pyridine rings is 1. The minimum atomic E-state index is -2.21. The Bertz CT molecular complexity index is 1280. The molecule has 1 fully saturated rings. The Balaban J connectivity index is 1.70. The molecule has 2 aromatic heterocycles. The van der Waals surface area contributed by atoms with E-state index in [2.05, 4.69) is 10.1 Å². The first-order valence-electron chi connectivity index (χ1n) is 12.0. The maximum Gasteiger partial charge on any atom is 0.305 e. The largest absolute Gasteiger partial charge is 0.469 e. The molecular formula is C26H31N3O6S. The average Bonchev–Trinajstić information content (AvgIpc) is 3.65. The Kier molecular flexibility index (Phi) is 8.17. The van der Waals surface area contributed by atoms with Crippen LogP contribution in [-0.2, 0) is 27.3 Å². The molecule has 1 atom stereocenters. The quantitative estimate of drug-likeness (QED) is 0.222. The summed E-state index contributed by atoms with van der Waals surface area (Å²) in [7, 11) is 2.92. The molecule has 1 aliphatic rings. The first kappa shape index (κ1) is 26.0. The predicted molar refractivity (Wildman–Crippen MR) is 137 cm³/mol. The van der Waals surface area contributed by atoms with E-state index in [1.54, 1.807) is 7.05 Å². The van der Waals surface area contributed by atoms with Gasteiger partial charge in [0, 0.05) is 25.6 Å². The number of methoxy groups -OCH3 is 1. The molecule has 0 spiro atoms. The minimum Gasteiger partial charge on any atom is -0.469 e. The van der Waals surface area contributed by atoms with Crippen LogP contribution in [0.1, 0.15) is 65.2 Å². The Morgan fingerprint density at radius 3 is 2.58 bits per heavy atom. The summed E-state index contributed by atoms with van der Waals surface area (Å²) < 4.78 is 34.2. The van der Waals surface area contributed by atoms with Gasteiger partial charge < -0.3 is 14.5 Å². The van der Waals surface area contributed by atoms with Crippen molar-refractivity contribution in [1.29, 1.82) is 0 Å². The van der Waals surface area contributed by atoms with Crippen LogP contribution in [0.4, 0.5) is 0 Å². The normalized spacial score (nSPS) is 14.2. The van der Waals surface area contributed by atoms with Crippen molar-refractivity contribution in [2.45, 2.75) is 51.5 Å². The summed E-state index contributed by atoms with van der Waals surface area (Å²) in [4.78, 5) is 29.0. The van der Waals surface area contributed by atoms with Crippen LogP contribution in [0, 0.1) is 6.92 Å². The number of carbonyl (C=O) groups is 2. The number of benzene rings is 1. The number of rotatable bonds is 11. The van der Waals surface area contributed by atoms with E-state index < -0.39 is 11.3 Å². The molecule has 9 nitrogen and oxygen atoms in total. The summed E-state index contributed by atoms with van der Waals surface area (Å²) in [5.41, 5.74) is 4.24. The van der Waals surface area contributed by atoms with Crippen LogP contribution in [0.2, 0.25) is 0 Å². The van der Waals surface area contributed by atoms with E-state index in [0.717, 1.165) is 29.5 Å². The number of nitrogens with zero attached hydrogens (tertiary/aromatic N) is 2. The molecule has 1 saturated carbocycles. The van der Waals surface area contributed by atoms with Crippen molar-refractivity contribution in [1.82, 2.24) is 14.6 Å². The van der Waals surface area contributed by atoms with Gasteiger partial charge >= 0.3 is 5.97 Å². The van der Waals surface area contributed by atoms with Gasteiger partial charge in [0.15, 0.2) is 0 Å². The van der Waals surface area contributed by atoms with Crippen LogP contribution in [0.15, 0.2) is 34.7 Å². The Morgan fingerprint density at radius 1 is 1.25 bits per heavy atom. The highest BCUT2D eigenvalue weighted by molar-refractivity contribution is 7.76. The fourth-order valence-electron chi connectivity index (χ4n) is 4.25. The van der Waals surface area contributed by atoms with Crippen molar-refractivity contribution >= 4 is 34.2 Å². The van der Waals surface area contributed by atoms with E-state index in [-0.39, 0.29) is 24.8 Å². The third-order valence-corrected chi connectivity index (χ3v) is 7.15. The number of unbranched alkanes of at least 4 members (excludes halogenated alkanes) is 1. The van der Waals surface area contributed by atoms with Crippen molar-refractivity contribution in [2.24, 2.45) is 0 Å². The zero-order valence-electron chi connectivity index (χ0n) is 20.7. The van der Waals surface area contributed by atoms with Gasteiger partial charge in [-0.15, -0.1) is 0 Å². The van der Waals surface area contributed by atoms with Crippen LogP contribution in [-0.4, -0.2) is 50.6 Å². The number of aromatic nitrogens is 1. The van der Waals surface area contributed by atoms with Gasteiger partial charge in [0.05, 0.1) is 30.3 Å². The highest BCUT2D eigenvalue weighted by Crippen LogP contribution is 2.44. The lowest BCUT2D eigenvalue weighted by Gasteiger charge is -2.19. The maximum atomic E-state index is 12.9. The number of ether oxygens (including phenoxy) is 1. The topological polar surface area (TPSA) is 122 Å². The fraction of sp³-hybridized carbons (Fsp3) is 0.423. The maximum absolute atomic E-state index is 12.9. The SMILES string of the molecule is CNC(=O)c1c(-c2ccc(C)cc2)oc2nc(CN(CCCCC(=O)OC)S(=O)O)c(C3CC3)cc12. The molecule has 1 unspecified atom stereocenters. The molecule has 0 saturated heterocycles. The molecule has 3 aromatic rings. The summed E-state index contributed by atoms with van der Waals surface area (Å²) in [6, 6.07) is 9.69. The second kappa shape index (κ2) is 11.3. The Labute approximate surface area is 212 Å². The molecule has 1 aromatic carbocycles. The molecule has 4 rings (SSSR count). The number of hydrogen-bond donors (Lipinski definition) is 2. The summed E-state index contributed by atoms with van der Waals surface area (Å²) in [6.45, 7) is 2.46. The van der Waals surface area contributed by atoms with Gasteiger partial charge in [-0.25, -0.2) is 9.19 Å². The second-order valence-electron chi connectivity index (χ2n) is 9.03. The van der Waals surface area contributed by atoms with Gasteiger partial charge in [-0.3, -0.25) is 14.1 Å². The molecular weight excluding hydrogens is 482 g/mol. The standard InChI is InChI=1S/C26H31N3O6S/c1-16-7-9-18(10-8-16)24-23(25(31)27-2)20-14-19(17-11-12-17)21(28-26(20)35-24)15-29(36(32)33)13-5-4-6-22(30)34-3/h7-10,14,17H,4-6,11-13,15H2,1-3H3,(H,27,31)(H,32,33). The van der Waals surface area contributed by atoms with Gasteiger partial charge in [-0.05, 0) is 50.2 Å². The molecule has 2 heterocycles. The van der Waals surface area contributed by atoms with Crippen molar-refractivity contribution in [2.75, 3.05) is 20.7 Å². The van der Waals surface area contributed by atoms with Crippen LogP contribution >= 0.6 is 0 Å². The highest BCUT2D eigenvalue weighted by Gasteiger charge is 2.31. The van der Waals surface area contributed by atoms with E-state index in [9.17, 15) is 18.4 Å². The van der Waals surface area contributed by atoms with E-state index in [1.807, 2.05) is 37.3 Å². The van der Waals surface area contributed by atoms with Crippen molar-refractivity contribution in [3.63, 3.8) is 0 Å². The lowest BCUT2D eigenvalue weighted by molar-refractivity contribution is -0.140. The zero-order valence-corrected chi connectivity index (χ0v) is 21.5. The number of fused-ring (bicyclic) bond motifs is 1. The van der Waals surface area contributed by atoms with Crippen LogP contribution in [0.25, 0.3) is 22.4 Å². The van der Waals surface area contributed by atoms with E-state index in [1.165, 1.54) is 11.4 Å². The van der Waals surface area contributed by atoms with Gasteiger partial charge in [-0.2, -0.15) is 4.31 Å². The predicted octanol–water partition coefficient (Wildman–Crippen LogP) is 4.32. The van der Waals surface area contributed by atoms with E-state index in [0.29, 0.717) is 53.4 Å². The third-order valence-electron chi connectivity index (χ3n) is 6.39. The molecule has 0 radical (unpaired) electrons. The summed E-state index contributed by atoms with van der Waals surface area (Å²) in [6.07, 6.45) is 3.37. The lowest BCUT2D eigenvalue weighted by atomic mass is 10.0. The summed E-state index contributed by atoms with van der Waals surface area (Å²) in [5.74, 6) is 0.176. The molecule has 2 N–H and O–H groups in total. The molecule has 1 aliphatic carbocycles. The van der Waals surface area contributed by atoms with E-state index >= 15 is 0 Å². The first-order chi connectivity index (χ1) is 17.3. The van der Waals surface area contributed by atoms with Gasteiger partial charge in [0.2, 0.25) is 17.0 Å². The van der Waals surface area contributed by atoms with Crippen LogP contribution in [0.5, 0.6) is 0 Å². The monoisotopic (exact) mass is 513 g/mol. The lowest BCUT2D eigenvalue weighted by Crippen LogP contribution is -2.27. The van der Waals surface area contributed by atoms with Gasteiger partial charge in [0.1, 0.15) is 5.76 Å². The smallest absolute Gasteiger partial charge is 0.305 e. The number of hydrogen-bond acceptors (Lipinski definition) is 6. The average molecular weight is 514 g/mol. The van der Waals surface area contributed by atoms with Gasteiger partial charge in [0.25, 0.3) is 5.91 Å². The number of amides is 1. The highest BCUT2D eigenvalue weighted by atomic mass is 32.2. The zero-order chi connectivity index (χ0) is 25.8. The number of esters is 1. The fourth-order valence-corrected chi connectivity index (χ4v) is 4.76. The minimum absolute atomic E-state index is 0.152. The third kappa shape index (κ3) is 5.83. The van der Waals surface area contributed by atoms with Crippen molar-refractivity contribution in [3.8, 4) is 11.3 Å². The molecule has 0 bridgehead atoms. The Hall–Kier alpha value is -3.08. The van der Waals surface area contributed by atoms with E-state index in [4.69, 9.17) is 9.40 Å². The molecule has 36 heavy (non-hydrogen) atoms. The summed E-state index contributed by atoms with van der Waals surface area (Å²) in [5, 5.41) is 3.34. The number of carbonyl (C=O) groups excluding carboxylic acids is 2. The number of nitrogens with one attached hydrogen (secondary N) is 1. The first-order valence-corrected chi connectivity index (χ1v) is 13.1. The summed E-state index contributed by atoms with van der Waals surface area (Å²) >= 11 is -2.21. The Morgan fingerprint density at radius 2 is 1.97 bits per heavy atom. The second-order valence-corrected chi connectivity index (χ2v) is 10.0. The number of aryl methyl sites for hydroxylation is 1.